The van der Waals surface area contributed by atoms with Crippen molar-refractivity contribution in [2.45, 2.75) is 20.0 Å². The van der Waals surface area contributed by atoms with Gasteiger partial charge in [-0.25, -0.2) is 0 Å². The van der Waals surface area contributed by atoms with Gasteiger partial charge in [-0.15, -0.1) is 0 Å². The molecule has 0 saturated heterocycles. The van der Waals surface area contributed by atoms with Crippen LogP contribution in [0.4, 0.5) is 10.1 Å². The molecule has 1 unspecified atom stereocenters. The number of aromatic nitrogens is 1. The van der Waals surface area contributed by atoms with Crippen LogP contribution in [0, 0.1) is 12.9 Å². The highest BCUT2D eigenvalue weighted by Crippen LogP contribution is 2.35. The van der Waals surface area contributed by atoms with E-state index in [2.05, 4.69) is 40.9 Å². The van der Waals surface area contributed by atoms with E-state index in [-0.39, 0.29) is 6.17 Å². The molecule has 0 aliphatic carbocycles. The van der Waals surface area contributed by atoms with Crippen LogP contribution in [0.1, 0.15) is 12.5 Å². The summed E-state index contributed by atoms with van der Waals surface area (Å²) >= 11 is 0. The zero-order valence-corrected chi connectivity index (χ0v) is 12.7. The molecule has 3 heterocycles. The molecular formula is C17H16FN3O. The molecule has 1 aliphatic heterocycles. The minimum absolute atomic E-state index is 0.246. The van der Waals surface area contributed by atoms with Gasteiger partial charge < -0.3 is 14.2 Å². The lowest BCUT2D eigenvalue weighted by Crippen LogP contribution is -2.33. The zero-order chi connectivity index (χ0) is 15.4. The number of hydrogen-bond donors (Lipinski definition) is 0. The Morgan fingerprint density at radius 3 is 2.73 bits per heavy atom. The monoisotopic (exact) mass is 297 g/mol. The van der Waals surface area contributed by atoms with Gasteiger partial charge >= 0.3 is 0 Å². The molecule has 0 bridgehead atoms. The van der Waals surface area contributed by atoms with E-state index in [1.165, 1.54) is 6.07 Å². The lowest BCUT2D eigenvalue weighted by Gasteiger charge is -2.28. The molecule has 1 aliphatic rings. The van der Waals surface area contributed by atoms with Crippen LogP contribution in [0.3, 0.4) is 0 Å². The van der Waals surface area contributed by atoms with Crippen LogP contribution >= 0.6 is 0 Å². The molecule has 0 radical (unpaired) electrons. The van der Waals surface area contributed by atoms with Crippen LogP contribution < -0.4 is 4.90 Å². The highest BCUT2D eigenvalue weighted by Gasteiger charge is 2.22. The van der Waals surface area contributed by atoms with E-state index in [1.807, 2.05) is 19.3 Å². The van der Waals surface area contributed by atoms with Crippen molar-refractivity contribution in [3.8, 4) is 0 Å². The number of nitrogens with zero attached hydrogens (tertiary/aromatic N) is 3. The molecule has 1 atom stereocenters. The summed E-state index contributed by atoms with van der Waals surface area (Å²) < 4.78 is 19.0. The molecule has 112 valence electrons. The van der Waals surface area contributed by atoms with Gasteiger partial charge in [-0.05, 0) is 37.6 Å². The lowest BCUT2D eigenvalue weighted by molar-refractivity contribution is 0.383. The van der Waals surface area contributed by atoms with Crippen molar-refractivity contribution in [3.63, 3.8) is 0 Å². The molecule has 22 heavy (non-hydrogen) atoms. The number of rotatable bonds is 1. The quantitative estimate of drug-likeness (QED) is 0.636. The Labute approximate surface area is 127 Å². The number of benzene rings is 1. The summed E-state index contributed by atoms with van der Waals surface area (Å²) in [6.07, 6.45) is 4.35. The average molecular weight is 297 g/mol. The summed E-state index contributed by atoms with van der Waals surface area (Å²) in [5.74, 6) is -0.527. The lowest BCUT2D eigenvalue weighted by atomic mass is 10.1. The summed E-state index contributed by atoms with van der Waals surface area (Å²) in [6.45, 7) is 4.21. The van der Waals surface area contributed by atoms with Gasteiger partial charge in [0.05, 0.1) is 0 Å². The van der Waals surface area contributed by atoms with Gasteiger partial charge in [-0.1, -0.05) is 0 Å². The fourth-order valence-corrected chi connectivity index (χ4v) is 2.96. The third kappa shape index (κ3) is 1.78. The first kappa shape index (κ1) is 13.1. The first-order valence-corrected chi connectivity index (χ1v) is 7.22. The summed E-state index contributed by atoms with van der Waals surface area (Å²) in [5, 5.41) is 1.81. The first-order valence-electron chi connectivity index (χ1n) is 7.22. The second kappa shape index (κ2) is 4.47. The second-order valence-electron chi connectivity index (χ2n) is 5.73. The van der Waals surface area contributed by atoms with Crippen molar-refractivity contribution >= 4 is 27.8 Å². The number of pyridine rings is 1. The number of anilines is 1. The summed E-state index contributed by atoms with van der Waals surface area (Å²) in [7, 11) is 2.04. The van der Waals surface area contributed by atoms with E-state index in [0.29, 0.717) is 5.71 Å². The summed E-state index contributed by atoms with van der Waals surface area (Å²) in [5.41, 5.74) is 3.30. The molecule has 0 fully saturated rings. The van der Waals surface area contributed by atoms with Crippen molar-refractivity contribution < 1.29 is 8.81 Å². The molecule has 4 rings (SSSR count). The Morgan fingerprint density at radius 2 is 2.00 bits per heavy atom. The highest BCUT2D eigenvalue weighted by molar-refractivity contribution is 6.05. The van der Waals surface area contributed by atoms with Gasteiger partial charge in [0.1, 0.15) is 11.7 Å². The molecule has 5 heteroatoms. The molecule has 0 amide bonds. The SMILES string of the molecule is Cc1cc2c(cc1N1C=CN(C)C1C)oc1nc(F)ccc12. The third-order valence-corrected chi connectivity index (χ3v) is 4.35. The van der Waals surface area contributed by atoms with E-state index in [0.717, 1.165) is 27.6 Å². The maximum Gasteiger partial charge on any atom is 0.229 e. The Balaban J connectivity index is 1.93. The second-order valence-corrected chi connectivity index (χ2v) is 5.73. The Morgan fingerprint density at radius 1 is 1.18 bits per heavy atom. The number of halogens is 1. The standard InChI is InChI=1S/C17H16FN3O/c1-10-8-13-12-4-5-16(18)19-17(12)22-15(13)9-14(10)21-7-6-20(3)11(21)2/h4-9,11H,1-3H3. The van der Waals surface area contributed by atoms with Gasteiger partial charge in [0.2, 0.25) is 11.7 Å². The number of hydrogen-bond acceptors (Lipinski definition) is 4. The maximum atomic E-state index is 13.3. The van der Waals surface area contributed by atoms with E-state index >= 15 is 0 Å². The van der Waals surface area contributed by atoms with E-state index in [4.69, 9.17) is 4.42 Å². The predicted molar refractivity (Wildman–Crippen MR) is 85.1 cm³/mol. The average Bonchev–Trinajstić information content (AvgIpc) is 2.99. The molecular weight excluding hydrogens is 281 g/mol. The van der Waals surface area contributed by atoms with Gasteiger partial charge in [0, 0.05) is 42.0 Å². The van der Waals surface area contributed by atoms with Crippen LogP contribution in [-0.4, -0.2) is 23.1 Å². The van der Waals surface area contributed by atoms with Crippen LogP contribution in [-0.2, 0) is 0 Å². The number of aryl methyl sites for hydroxylation is 1. The largest absolute Gasteiger partial charge is 0.438 e. The third-order valence-electron chi connectivity index (χ3n) is 4.35. The fourth-order valence-electron chi connectivity index (χ4n) is 2.96. The Bertz CT molecular complexity index is 915. The molecule has 2 aromatic heterocycles. The van der Waals surface area contributed by atoms with Crippen molar-refractivity contribution in [2.24, 2.45) is 0 Å². The molecule has 0 spiro atoms. The van der Waals surface area contributed by atoms with Crippen LogP contribution in [0.2, 0.25) is 0 Å². The first-order chi connectivity index (χ1) is 10.5. The smallest absolute Gasteiger partial charge is 0.229 e. The maximum absolute atomic E-state index is 13.3. The number of furan rings is 1. The highest BCUT2D eigenvalue weighted by atomic mass is 19.1. The molecule has 4 nitrogen and oxygen atoms in total. The van der Waals surface area contributed by atoms with Crippen LogP contribution in [0.5, 0.6) is 0 Å². The molecule has 1 aromatic carbocycles. The zero-order valence-electron chi connectivity index (χ0n) is 12.7. The van der Waals surface area contributed by atoms with E-state index in [9.17, 15) is 4.39 Å². The van der Waals surface area contributed by atoms with Gasteiger partial charge in [-0.3, -0.25) is 0 Å². The topological polar surface area (TPSA) is 32.5 Å². The van der Waals surface area contributed by atoms with Crippen LogP contribution in [0.15, 0.2) is 41.1 Å². The Hall–Kier alpha value is -2.56. The van der Waals surface area contributed by atoms with Crippen molar-refractivity contribution in [1.82, 2.24) is 9.88 Å². The van der Waals surface area contributed by atoms with E-state index < -0.39 is 5.95 Å². The minimum Gasteiger partial charge on any atom is -0.438 e. The minimum atomic E-state index is -0.527. The van der Waals surface area contributed by atoms with Gasteiger partial charge in [0.15, 0.2) is 0 Å². The van der Waals surface area contributed by atoms with Crippen molar-refractivity contribution in [1.29, 1.82) is 0 Å². The summed E-state index contributed by atoms with van der Waals surface area (Å²) in [4.78, 5) is 8.16. The van der Waals surface area contributed by atoms with Crippen molar-refractivity contribution in [2.75, 3.05) is 11.9 Å². The van der Waals surface area contributed by atoms with Gasteiger partial charge in [0.25, 0.3) is 0 Å². The molecule has 3 aromatic rings. The van der Waals surface area contributed by atoms with Crippen molar-refractivity contribution in [3.05, 3.63) is 48.2 Å². The van der Waals surface area contributed by atoms with Gasteiger partial charge in [-0.2, -0.15) is 9.37 Å². The summed E-state index contributed by atoms with van der Waals surface area (Å²) in [6, 6.07) is 7.16. The normalized spacial score (nSPS) is 18.1. The molecule has 0 saturated carbocycles. The predicted octanol–water partition coefficient (Wildman–Crippen LogP) is 4.00. The Kier molecular flexibility index (Phi) is 2.66. The number of fused-ring (bicyclic) bond motifs is 3. The molecule has 0 N–H and O–H groups in total. The van der Waals surface area contributed by atoms with E-state index in [1.54, 1.807) is 6.07 Å². The van der Waals surface area contributed by atoms with Crippen LogP contribution in [0.25, 0.3) is 22.1 Å². The fraction of sp³-hybridized carbons (Fsp3) is 0.235.